The second-order valence-electron chi connectivity index (χ2n) is 7.28. The van der Waals surface area contributed by atoms with Gasteiger partial charge in [-0.05, 0) is 36.6 Å². The number of aliphatic hydroxyl groups excluding tert-OH is 1. The van der Waals surface area contributed by atoms with Crippen LogP contribution in [0.5, 0.6) is 0 Å². The lowest BCUT2D eigenvalue weighted by Gasteiger charge is -2.39. The smallest absolute Gasteiger partial charge is 0.243 e. The number of aryl methyl sites for hydroxylation is 1. The predicted octanol–water partition coefficient (Wildman–Crippen LogP) is 3.36. The Morgan fingerprint density at radius 2 is 1.66 bits per heavy atom. The monoisotopic (exact) mass is 408 g/mol. The highest BCUT2D eigenvalue weighted by Gasteiger charge is 2.43. The van der Waals surface area contributed by atoms with Gasteiger partial charge in [0.1, 0.15) is 0 Å². The Hall–Kier alpha value is -2.54. The molecule has 0 amide bonds. The summed E-state index contributed by atoms with van der Waals surface area (Å²) in [6.07, 6.45) is 2.61. The van der Waals surface area contributed by atoms with Crippen molar-refractivity contribution < 1.29 is 13.5 Å². The number of pyridine rings is 1. The van der Waals surface area contributed by atoms with Crippen molar-refractivity contribution in [3.8, 4) is 0 Å². The van der Waals surface area contributed by atoms with E-state index in [-0.39, 0.29) is 4.90 Å². The SMILES string of the molecule is O=S1(=O)c2ccccc2[C@@H](O)[C@@H](Cc2ccccn2)N1CCCc1ccccc1. The second-order valence-corrected chi connectivity index (χ2v) is 9.14. The van der Waals surface area contributed by atoms with Gasteiger partial charge in [-0.25, -0.2) is 8.42 Å². The highest BCUT2D eigenvalue weighted by molar-refractivity contribution is 7.89. The van der Waals surface area contributed by atoms with Crippen LogP contribution in [0.15, 0.2) is 83.9 Å². The summed E-state index contributed by atoms with van der Waals surface area (Å²) >= 11 is 0. The van der Waals surface area contributed by atoms with Crippen LogP contribution >= 0.6 is 0 Å². The molecule has 1 aromatic heterocycles. The van der Waals surface area contributed by atoms with Crippen LogP contribution in [-0.4, -0.2) is 35.4 Å². The predicted molar refractivity (Wildman–Crippen MR) is 112 cm³/mol. The molecule has 1 N–H and O–H groups in total. The summed E-state index contributed by atoms with van der Waals surface area (Å²) in [5, 5.41) is 11.1. The van der Waals surface area contributed by atoms with Gasteiger partial charge in [-0.1, -0.05) is 54.6 Å². The molecule has 2 heterocycles. The quantitative estimate of drug-likeness (QED) is 0.679. The number of sulfonamides is 1. The standard InChI is InChI=1S/C23H24N2O3S/c26-23-20-13-4-5-14-22(20)29(27,28)25(16-8-11-18-9-2-1-3-10-18)21(23)17-19-12-6-7-15-24-19/h1-7,9-10,12-15,21,23,26H,8,11,16-17H2/t21-,23-/m1/s1. The summed E-state index contributed by atoms with van der Waals surface area (Å²) in [5.41, 5.74) is 2.40. The Kier molecular flexibility index (Phi) is 5.76. The maximum Gasteiger partial charge on any atom is 0.243 e. The van der Waals surface area contributed by atoms with Gasteiger partial charge < -0.3 is 5.11 Å². The third-order valence-corrected chi connectivity index (χ3v) is 7.39. The average Bonchev–Trinajstić information content (AvgIpc) is 2.75. The highest BCUT2D eigenvalue weighted by atomic mass is 32.2. The van der Waals surface area contributed by atoms with E-state index < -0.39 is 22.2 Å². The van der Waals surface area contributed by atoms with E-state index in [4.69, 9.17) is 0 Å². The van der Waals surface area contributed by atoms with E-state index in [1.165, 1.54) is 9.87 Å². The first-order valence-corrected chi connectivity index (χ1v) is 11.2. The fraction of sp³-hybridized carbons (Fsp3) is 0.261. The Labute approximate surface area is 171 Å². The van der Waals surface area contributed by atoms with E-state index in [1.54, 1.807) is 30.5 Å². The van der Waals surface area contributed by atoms with Crippen LogP contribution in [0.4, 0.5) is 0 Å². The molecule has 3 aromatic rings. The lowest BCUT2D eigenvalue weighted by molar-refractivity contribution is 0.0787. The van der Waals surface area contributed by atoms with Gasteiger partial charge in [0.05, 0.1) is 17.0 Å². The van der Waals surface area contributed by atoms with E-state index >= 15 is 0 Å². The van der Waals surface area contributed by atoms with E-state index in [0.717, 1.165) is 12.1 Å². The van der Waals surface area contributed by atoms with E-state index in [9.17, 15) is 13.5 Å². The molecule has 2 aromatic carbocycles. The molecule has 1 aliphatic heterocycles. The zero-order chi connectivity index (χ0) is 20.3. The summed E-state index contributed by atoms with van der Waals surface area (Å²) in [4.78, 5) is 4.54. The first-order chi connectivity index (χ1) is 14.1. The van der Waals surface area contributed by atoms with E-state index in [0.29, 0.717) is 24.9 Å². The summed E-state index contributed by atoms with van der Waals surface area (Å²) < 4.78 is 28.2. The molecule has 0 spiro atoms. The fourth-order valence-electron chi connectivity index (χ4n) is 3.95. The molecule has 6 heteroatoms. The largest absolute Gasteiger partial charge is 0.387 e. The number of nitrogens with zero attached hydrogens (tertiary/aromatic N) is 2. The zero-order valence-corrected chi connectivity index (χ0v) is 16.9. The van der Waals surface area contributed by atoms with Crippen LogP contribution in [0.2, 0.25) is 0 Å². The van der Waals surface area contributed by atoms with Crippen molar-refractivity contribution in [1.29, 1.82) is 0 Å². The number of rotatable bonds is 6. The summed E-state index contributed by atoms with van der Waals surface area (Å²) in [5.74, 6) is 0. The van der Waals surface area contributed by atoms with Gasteiger partial charge in [0.15, 0.2) is 0 Å². The molecule has 0 bridgehead atoms. The van der Waals surface area contributed by atoms with Crippen molar-refractivity contribution in [1.82, 2.24) is 9.29 Å². The van der Waals surface area contributed by atoms with Gasteiger partial charge in [-0.2, -0.15) is 4.31 Å². The Morgan fingerprint density at radius 3 is 2.41 bits per heavy atom. The molecule has 0 fully saturated rings. The normalized spacial score (nSPS) is 20.9. The lowest BCUT2D eigenvalue weighted by atomic mass is 9.97. The lowest BCUT2D eigenvalue weighted by Crippen LogP contribution is -2.49. The average molecular weight is 409 g/mol. The molecule has 0 saturated heterocycles. The molecule has 0 saturated carbocycles. The van der Waals surface area contributed by atoms with E-state index in [1.807, 2.05) is 48.5 Å². The molecular weight excluding hydrogens is 384 g/mol. The van der Waals surface area contributed by atoms with Gasteiger partial charge in [0.2, 0.25) is 10.0 Å². The number of aromatic nitrogens is 1. The van der Waals surface area contributed by atoms with Gasteiger partial charge in [-0.15, -0.1) is 0 Å². The first kappa shape index (κ1) is 19.8. The van der Waals surface area contributed by atoms with Crippen LogP contribution in [0.3, 0.4) is 0 Å². The van der Waals surface area contributed by atoms with Crippen LogP contribution < -0.4 is 0 Å². The molecule has 1 aliphatic rings. The molecule has 5 nitrogen and oxygen atoms in total. The van der Waals surface area contributed by atoms with Crippen molar-refractivity contribution in [3.63, 3.8) is 0 Å². The molecule has 150 valence electrons. The van der Waals surface area contributed by atoms with Crippen LogP contribution in [0, 0.1) is 0 Å². The minimum absolute atomic E-state index is 0.199. The van der Waals surface area contributed by atoms with Crippen LogP contribution in [-0.2, 0) is 22.9 Å². The van der Waals surface area contributed by atoms with Gasteiger partial charge in [-0.3, -0.25) is 4.98 Å². The minimum Gasteiger partial charge on any atom is -0.387 e. The third kappa shape index (κ3) is 4.10. The molecule has 0 unspecified atom stereocenters. The van der Waals surface area contributed by atoms with Gasteiger partial charge in [0, 0.05) is 30.4 Å². The Balaban J connectivity index is 1.64. The van der Waals surface area contributed by atoms with Crippen molar-refractivity contribution in [2.24, 2.45) is 0 Å². The molecular formula is C23H24N2O3S. The Morgan fingerprint density at radius 1 is 0.931 bits per heavy atom. The van der Waals surface area contributed by atoms with Gasteiger partial charge in [0.25, 0.3) is 0 Å². The third-order valence-electron chi connectivity index (χ3n) is 5.39. The maximum atomic E-state index is 13.4. The zero-order valence-electron chi connectivity index (χ0n) is 16.1. The number of hydrogen-bond donors (Lipinski definition) is 1. The number of benzene rings is 2. The van der Waals surface area contributed by atoms with Crippen molar-refractivity contribution >= 4 is 10.0 Å². The van der Waals surface area contributed by atoms with Crippen molar-refractivity contribution in [2.45, 2.75) is 36.3 Å². The summed E-state index contributed by atoms with van der Waals surface area (Å²) in [6, 6.07) is 21.7. The van der Waals surface area contributed by atoms with Crippen molar-refractivity contribution in [3.05, 3.63) is 95.8 Å². The summed E-state index contributed by atoms with van der Waals surface area (Å²) in [7, 11) is -3.69. The summed E-state index contributed by atoms with van der Waals surface area (Å²) in [6.45, 7) is 0.347. The number of aliphatic hydroxyl groups is 1. The fourth-order valence-corrected chi connectivity index (χ4v) is 5.85. The van der Waals surface area contributed by atoms with Crippen LogP contribution in [0.25, 0.3) is 0 Å². The van der Waals surface area contributed by atoms with Crippen LogP contribution in [0.1, 0.15) is 29.3 Å². The molecule has 2 atom stereocenters. The molecule has 29 heavy (non-hydrogen) atoms. The van der Waals surface area contributed by atoms with E-state index in [2.05, 4.69) is 4.98 Å². The minimum atomic E-state index is -3.69. The van der Waals surface area contributed by atoms with Gasteiger partial charge >= 0.3 is 0 Å². The second kappa shape index (κ2) is 8.45. The highest BCUT2D eigenvalue weighted by Crippen LogP contribution is 2.38. The Bertz CT molecular complexity index is 1060. The molecule has 0 aliphatic carbocycles. The maximum absolute atomic E-state index is 13.4. The van der Waals surface area contributed by atoms with Crippen molar-refractivity contribution in [2.75, 3.05) is 6.54 Å². The molecule has 0 radical (unpaired) electrons. The number of hydrogen-bond acceptors (Lipinski definition) is 4. The number of fused-ring (bicyclic) bond motifs is 1. The topological polar surface area (TPSA) is 70.5 Å². The molecule has 4 rings (SSSR count). The first-order valence-electron chi connectivity index (χ1n) is 9.80.